The zero-order chi connectivity index (χ0) is 19.3. The van der Waals surface area contributed by atoms with Gasteiger partial charge in [0.2, 0.25) is 0 Å². The van der Waals surface area contributed by atoms with Gasteiger partial charge in [-0.05, 0) is 35.9 Å². The highest BCUT2D eigenvalue weighted by molar-refractivity contribution is 8.09. The Morgan fingerprint density at radius 3 is 2.64 bits per heavy atom. The topological polar surface area (TPSA) is 62.7 Å². The minimum Gasteiger partial charge on any atom is -0.481 e. The number of fused-ring (bicyclic) bond motifs is 1. The number of morpholine rings is 1. The van der Waals surface area contributed by atoms with E-state index in [4.69, 9.17) is 14.8 Å². The van der Waals surface area contributed by atoms with Gasteiger partial charge in [-0.3, -0.25) is 4.79 Å². The van der Waals surface area contributed by atoms with Crippen LogP contribution in [0.3, 0.4) is 0 Å². The first kappa shape index (κ1) is 19.0. The van der Waals surface area contributed by atoms with Crippen molar-refractivity contribution in [3.05, 3.63) is 59.1 Å². The zero-order valence-electron chi connectivity index (χ0n) is 15.2. The molecule has 7 heteroatoms. The van der Waals surface area contributed by atoms with E-state index in [1.54, 1.807) is 11.3 Å². The average Bonchev–Trinajstić information content (AvgIpc) is 3.16. The van der Waals surface area contributed by atoms with Gasteiger partial charge in [0.1, 0.15) is 5.01 Å². The maximum atomic E-state index is 11.1. The molecule has 2 heterocycles. The summed E-state index contributed by atoms with van der Waals surface area (Å²) in [6, 6.07) is 16.3. The summed E-state index contributed by atoms with van der Waals surface area (Å²) in [5, 5.41) is 9.97. The van der Waals surface area contributed by atoms with Crippen molar-refractivity contribution < 1.29 is 14.6 Å². The quantitative estimate of drug-likeness (QED) is 0.645. The number of carbonyl (C=O) groups is 1. The molecule has 0 amide bonds. The number of benzene rings is 2. The number of ether oxygens (including phenoxy) is 1. The molecular weight excluding hydrogens is 392 g/mol. The van der Waals surface area contributed by atoms with Crippen molar-refractivity contribution >= 4 is 56.0 Å². The number of rotatable bonds is 6. The standard InChI is InChI=1S/C21H20N2O3S2/c24-20(25)14-27-19(21-22-17-3-1-2-4-18(17)28-21)13-15-5-7-16(8-6-15)23-9-11-26-12-10-23/h1-8,13H,9-12,14H2,(H,24,25)/b19-13-. The van der Waals surface area contributed by atoms with Crippen LogP contribution < -0.4 is 4.90 Å². The Bertz CT molecular complexity index is 959. The third kappa shape index (κ3) is 4.55. The predicted molar refractivity (Wildman–Crippen MR) is 117 cm³/mol. The summed E-state index contributed by atoms with van der Waals surface area (Å²) >= 11 is 2.89. The van der Waals surface area contributed by atoms with E-state index in [9.17, 15) is 4.79 Å². The van der Waals surface area contributed by atoms with Crippen LogP contribution in [-0.4, -0.2) is 48.1 Å². The Labute approximate surface area is 171 Å². The van der Waals surface area contributed by atoms with Crippen LogP contribution in [0, 0.1) is 0 Å². The first-order chi connectivity index (χ1) is 13.7. The first-order valence-electron chi connectivity index (χ1n) is 9.04. The van der Waals surface area contributed by atoms with Crippen molar-refractivity contribution in [3.63, 3.8) is 0 Å². The molecule has 0 bridgehead atoms. The first-order valence-corrected chi connectivity index (χ1v) is 10.8. The number of carboxylic acids is 1. The molecule has 3 aromatic rings. The molecule has 1 N–H and O–H groups in total. The molecule has 5 nitrogen and oxygen atoms in total. The summed E-state index contributed by atoms with van der Waals surface area (Å²) in [6.45, 7) is 3.33. The highest BCUT2D eigenvalue weighted by Gasteiger charge is 2.13. The zero-order valence-corrected chi connectivity index (χ0v) is 16.8. The number of hydrogen-bond donors (Lipinski definition) is 1. The van der Waals surface area contributed by atoms with Gasteiger partial charge < -0.3 is 14.7 Å². The fourth-order valence-corrected chi connectivity index (χ4v) is 4.88. The summed E-state index contributed by atoms with van der Waals surface area (Å²) in [4.78, 5) is 19.0. The lowest BCUT2D eigenvalue weighted by molar-refractivity contribution is -0.133. The number of carboxylic acid groups (broad SMARTS) is 1. The molecule has 1 saturated heterocycles. The molecule has 0 atom stereocenters. The lowest BCUT2D eigenvalue weighted by atomic mass is 10.1. The fourth-order valence-electron chi connectivity index (χ4n) is 3.04. The van der Waals surface area contributed by atoms with E-state index in [2.05, 4.69) is 29.2 Å². The van der Waals surface area contributed by atoms with E-state index >= 15 is 0 Å². The average molecular weight is 413 g/mol. The number of thioether (sulfide) groups is 1. The van der Waals surface area contributed by atoms with Gasteiger partial charge in [-0.25, -0.2) is 4.98 Å². The molecule has 28 heavy (non-hydrogen) atoms. The molecule has 1 aliphatic heterocycles. The van der Waals surface area contributed by atoms with E-state index in [1.807, 2.05) is 30.3 Å². The van der Waals surface area contributed by atoms with Gasteiger partial charge >= 0.3 is 5.97 Å². The second-order valence-electron chi connectivity index (χ2n) is 6.37. The summed E-state index contributed by atoms with van der Waals surface area (Å²) in [5.74, 6) is -0.826. The summed E-state index contributed by atoms with van der Waals surface area (Å²) in [6.07, 6.45) is 2.02. The Balaban J connectivity index is 1.61. The van der Waals surface area contributed by atoms with E-state index < -0.39 is 5.97 Å². The van der Waals surface area contributed by atoms with Crippen molar-refractivity contribution in [2.75, 3.05) is 37.0 Å². The van der Waals surface area contributed by atoms with Gasteiger partial charge in [-0.1, -0.05) is 24.3 Å². The van der Waals surface area contributed by atoms with E-state index in [0.29, 0.717) is 0 Å². The van der Waals surface area contributed by atoms with Crippen LogP contribution in [0.1, 0.15) is 10.6 Å². The largest absolute Gasteiger partial charge is 0.481 e. The van der Waals surface area contributed by atoms with Crippen LogP contribution >= 0.6 is 23.1 Å². The maximum absolute atomic E-state index is 11.1. The second-order valence-corrected chi connectivity index (χ2v) is 8.42. The summed E-state index contributed by atoms with van der Waals surface area (Å²) in [7, 11) is 0. The SMILES string of the molecule is O=C(O)CS/C(=C\c1ccc(N2CCOCC2)cc1)c1nc2ccccc2s1. The molecule has 1 aliphatic rings. The molecule has 0 spiro atoms. The lowest BCUT2D eigenvalue weighted by Gasteiger charge is -2.28. The maximum Gasteiger partial charge on any atom is 0.313 e. The van der Waals surface area contributed by atoms with Gasteiger partial charge in [0.15, 0.2) is 0 Å². The van der Waals surface area contributed by atoms with Gasteiger partial charge in [0.05, 0.1) is 29.2 Å². The smallest absolute Gasteiger partial charge is 0.313 e. The summed E-state index contributed by atoms with van der Waals surface area (Å²) in [5.41, 5.74) is 3.15. The Kier molecular flexibility index (Phi) is 5.95. The molecule has 2 aromatic carbocycles. The molecule has 1 aromatic heterocycles. The third-order valence-corrected chi connectivity index (χ3v) is 6.64. The minimum atomic E-state index is -0.834. The monoisotopic (exact) mass is 412 g/mol. The van der Waals surface area contributed by atoms with Crippen LogP contribution in [0.2, 0.25) is 0 Å². The van der Waals surface area contributed by atoms with Crippen LogP contribution in [0.4, 0.5) is 5.69 Å². The number of hydrogen-bond acceptors (Lipinski definition) is 6. The van der Waals surface area contributed by atoms with Gasteiger partial charge in [-0.2, -0.15) is 0 Å². The number of anilines is 1. The van der Waals surface area contributed by atoms with Crippen molar-refractivity contribution in [3.8, 4) is 0 Å². The highest BCUT2D eigenvalue weighted by atomic mass is 32.2. The van der Waals surface area contributed by atoms with Crippen LogP contribution in [0.25, 0.3) is 21.2 Å². The van der Waals surface area contributed by atoms with Crippen molar-refractivity contribution in [1.29, 1.82) is 0 Å². The highest BCUT2D eigenvalue weighted by Crippen LogP contribution is 2.35. The molecular formula is C21H20N2O3S2. The molecule has 4 rings (SSSR count). The van der Waals surface area contributed by atoms with Crippen LogP contribution in [-0.2, 0) is 9.53 Å². The Morgan fingerprint density at radius 1 is 1.18 bits per heavy atom. The van der Waals surface area contributed by atoms with Crippen molar-refractivity contribution in [2.45, 2.75) is 0 Å². The van der Waals surface area contributed by atoms with Gasteiger partial charge in [-0.15, -0.1) is 23.1 Å². The van der Waals surface area contributed by atoms with Gasteiger partial charge in [0, 0.05) is 23.7 Å². The van der Waals surface area contributed by atoms with Crippen molar-refractivity contribution in [2.24, 2.45) is 0 Å². The summed E-state index contributed by atoms with van der Waals surface area (Å²) < 4.78 is 6.51. The number of para-hydroxylation sites is 1. The molecule has 0 aliphatic carbocycles. The number of thiazole rings is 1. The number of aromatic nitrogens is 1. The fraction of sp³-hybridized carbons (Fsp3) is 0.238. The molecule has 0 saturated carbocycles. The lowest BCUT2D eigenvalue weighted by Crippen LogP contribution is -2.36. The molecule has 0 unspecified atom stereocenters. The predicted octanol–water partition coefficient (Wildman–Crippen LogP) is 4.45. The van der Waals surface area contributed by atoms with E-state index in [0.717, 1.165) is 52.0 Å². The molecule has 1 fully saturated rings. The third-order valence-electron chi connectivity index (χ3n) is 4.42. The minimum absolute atomic E-state index is 0.00756. The Hall–Kier alpha value is -2.35. The van der Waals surface area contributed by atoms with E-state index in [1.165, 1.54) is 17.4 Å². The molecule has 144 valence electrons. The second kappa shape index (κ2) is 8.77. The normalized spacial score (nSPS) is 15.1. The van der Waals surface area contributed by atoms with Crippen LogP contribution in [0.5, 0.6) is 0 Å². The van der Waals surface area contributed by atoms with E-state index in [-0.39, 0.29) is 5.75 Å². The van der Waals surface area contributed by atoms with Crippen LogP contribution in [0.15, 0.2) is 48.5 Å². The number of nitrogens with zero attached hydrogens (tertiary/aromatic N) is 2. The molecule has 0 radical (unpaired) electrons. The van der Waals surface area contributed by atoms with Gasteiger partial charge in [0.25, 0.3) is 0 Å². The Morgan fingerprint density at radius 2 is 1.93 bits per heavy atom. The number of aliphatic carboxylic acids is 1. The van der Waals surface area contributed by atoms with Crippen molar-refractivity contribution in [1.82, 2.24) is 4.98 Å².